The van der Waals surface area contributed by atoms with Crippen molar-refractivity contribution in [2.24, 2.45) is 5.73 Å². The van der Waals surface area contributed by atoms with Crippen LogP contribution in [0.25, 0.3) is 0 Å². The second-order valence-electron chi connectivity index (χ2n) is 3.94. The quantitative estimate of drug-likeness (QED) is 0.825. The van der Waals surface area contributed by atoms with Crippen LogP contribution in [0.2, 0.25) is 0 Å². The number of H-pyrrole nitrogens is 1. The average Bonchev–Trinajstić information content (AvgIpc) is 2.71. The predicted octanol–water partition coefficient (Wildman–Crippen LogP) is 2.33. The minimum atomic E-state index is -0.166. The van der Waals surface area contributed by atoms with Gasteiger partial charge in [0.15, 0.2) is 0 Å². The highest BCUT2D eigenvalue weighted by Gasteiger charge is 2.13. The first-order chi connectivity index (χ1) is 7.72. The van der Waals surface area contributed by atoms with Crippen LogP contribution < -0.4 is 5.73 Å². The summed E-state index contributed by atoms with van der Waals surface area (Å²) in [6.45, 7) is 4.13. The largest absolute Gasteiger partial charge is 0.344 e. The van der Waals surface area contributed by atoms with Crippen LogP contribution in [-0.4, -0.2) is 9.97 Å². The lowest BCUT2D eigenvalue weighted by atomic mass is 10.1. The first kappa shape index (κ1) is 10.9. The van der Waals surface area contributed by atoms with Crippen molar-refractivity contribution >= 4 is 0 Å². The van der Waals surface area contributed by atoms with E-state index in [0.717, 1.165) is 29.2 Å². The number of nitrogens with one attached hydrogen (secondary N) is 1. The van der Waals surface area contributed by atoms with E-state index in [4.69, 9.17) is 5.73 Å². The third kappa shape index (κ3) is 1.99. The van der Waals surface area contributed by atoms with Crippen LogP contribution in [0.5, 0.6) is 0 Å². The molecule has 0 spiro atoms. The van der Waals surface area contributed by atoms with Gasteiger partial charge in [-0.2, -0.15) is 0 Å². The zero-order chi connectivity index (χ0) is 11.5. The third-order valence-electron chi connectivity index (χ3n) is 2.79. The van der Waals surface area contributed by atoms with Gasteiger partial charge in [-0.3, -0.25) is 0 Å². The van der Waals surface area contributed by atoms with Gasteiger partial charge >= 0.3 is 0 Å². The molecule has 0 aliphatic carbocycles. The topological polar surface area (TPSA) is 54.7 Å². The Labute approximate surface area is 95.7 Å². The maximum absolute atomic E-state index is 6.16. The monoisotopic (exact) mass is 215 g/mol. The lowest BCUT2D eigenvalue weighted by Gasteiger charge is -2.08. The fraction of sp³-hybridized carbons (Fsp3) is 0.308. The molecule has 0 saturated carbocycles. The Kier molecular flexibility index (Phi) is 3.06. The molecule has 1 heterocycles. The van der Waals surface area contributed by atoms with Crippen LogP contribution in [0.4, 0.5) is 0 Å². The molecular formula is C13H17N3. The van der Waals surface area contributed by atoms with Crippen molar-refractivity contribution in [1.29, 1.82) is 0 Å². The molecule has 0 saturated heterocycles. The highest BCUT2D eigenvalue weighted by molar-refractivity contribution is 5.26. The second-order valence-corrected chi connectivity index (χ2v) is 3.94. The summed E-state index contributed by atoms with van der Waals surface area (Å²) in [6.07, 6.45) is 0.934. The smallest absolute Gasteiger partial charge is 0.128 e. The van der Waals surface area contributed by atoms with Gasteiger partial charge in [-0.05, 0) is 18.9 Å². The van der Waals surface area contributed by atoms with Crippen LogP contribution >= 0.6 is 0 Å². The number of hydrogen-bond donors (Lipinski definition) is 2. The molecule has 84 valence electrons. The summed E-state index contributed by atoms with van der Waals surface area (Å²) in [6, 6.07) is 9.85. The summed E-state index contributed by atoms with van der Waals surface area (Å²) in [5.41, 5.74) is 9.45. The van der Waals surface area contributed by atoms with Crippen molar-refractivity contribution in [1.82, 2.24) is 9.97 Å². The maximum Gasteiger partial charge on any atom is 0.128 e. The van der Waals surface area contributed by atoms with E-state index in [0.29, 0.717) is 0 Å². The molecule has 0 amide bonds. The zero-order valence-corrected chi connectivity index (χ0v) is 9.70. The summed E-state index contributed by atoms with van der Waals surface area (Å²) in [4.78, 5) is 7.78. The van der Waals surface area contributed by atoms with Crippen molar-refractivity contribution in [2.45, 2.75) is 26.3 Å². The van der Waals surface area contributed by atoms with Gasteiger partial charge in [-0.25, -0.2) is 4.98 Å². The number of aromatic amines is 1. The highest BCUT2D eigenvalue weighted by atomic mass is 15.0. The third-order valence-corrected chi connectivity index (χ3v) is 2.79. The first-order valence-electron chi connectivity index (χ1n) is 5.58. The standard InChI is InChI=1S/C13H17N3/c1-3-11-9(2)15-13(16-11)12(14)10-7-5-4-6-8-10/h4-8,12H,3,14H2,1-2H3,(H,15,16)/t12-/m0/s1. The molecule has 0 aliphatic heterocycles. The van der Waals surface area contributed by atoms with Gasteiger partial charge < -0.3 is 10.7 Å². The van der Waals surface area contributed by atoms with E-state index in [1.165, 1.54) is 0 Å². The number of nitrogens with zero attached hydrogens (tertiary/aromatic N) is 1. The number of aromatic nitrogens is 2. The summed E-state index contributed by atoms with van der Waals surface area (Å²) >= 11 is 0. The van der Waals surface area contributed by atoms with Gasteiger partial charge in [-0.1, -0.05) is 37.3 Å². The van der Waals surface area contributed by atoms with Gasteiger partial charge in [0.1, 0.15) is 5.82 Å². The van der Waals surface area contributed by atoms with Crippen LogP contribution in [0.3, 0.4) is 0 Å². The minimum absolute atomic E-state index is 0.166. The number of benzene rings is 1. The summed E-state index contributed by atoms with van der Waals surface area (Å²) in [5, 5.41) is 0. The molecule has 0 radical (unpaired) electrons. The lowest BCUT2D eigenvalue weighted by molar-refractivity contribution is 0.794. The van der Waals surface area contributed by atoms with Crippen molar-refractivity contribution in [2.75, 3.05) is 0 Å². The van der Waals surface area contributed by atoms with Gasteiger partial charge in [0.25, 0.3) is 0 Å². The highest BCUT2D eigenvalue weighted by Crippen LogP contribution is 2.18. The molecule has 2 aromatic rings. The molecule has 0 fully saturated rings. The Bertz CT molecular complexity index is 459. The Morgan fingerprint density at radius 3 is 2.56 bits per heavy atom. The molecule has 3 nitrogen and oxygen atoms in total. The average molecular weight is 215 g/mol. The molecule has 16 heavy (non-hydrogen) atoms. The number of aryl methyl sites for hydroxylation is 2. The Morgan fingerprint density at radius 2 is 2.00 bits per heavy atom. The van der Waals surface area contributed by atoms with Crippen molar-refractivity contribution in [3.8, 4) is 0 Å². The molecule has 0 bridgehead atoms. The van der Waals surface area contributed by atoms with Crippen molar-refractivity contribution in [3.63, 3.8) is 0 Å². The van der Waals surface area contributed by atoms with E-state index in [1.54, 1.807) is 0 Å². The van der Waals surface area contributed by atoms with Gasteiger partial charge in [0, 0.05) is 5.69 Å². The molecular weight excluding hydrogens is 198 g/mol. The Hall–Kier alpha value is -1.61. The van der Waals surface area contributed by atoms with Gasteiger partial charge in [-0.15, -0.1) is 0 Å². The van der Waals surface area contributed by atoms with Crippen molar-refractivity contribution < 1.29 is 0 Å². The summed E-state index contributed by atoms with van der Waals surface area (Å²) in [5.74, 6) is 0.848. The van der Waals surface area contributed by atoms with Gasteiger partial charge in [0.2, 0.25) is 0 Å². The van der Waals surface area contributed by atoms with E-state index in [2.05, 4.69) is 16.9 Å². The minimum Gasteiger partial charge on any atom is -0.344 e. The first-order valence-corrected chi connectivity index (χ1v) is 5.58. The van der Waals surface area contributed by atoms with Crippen LogP contribution in [0, 0.1) is 6.92 Å². The van der Waals surface area contributed by atoms with Gasteiger partial charge in [0.05, 0.1) is 11.7 Å². The number of rotatable bonds is 3. The number of nitrogens with two attached hydrogens (primary N) is 1. The van der Waals surface area contributed by atoms with Crippen LogP contribution in [0.15, 0.2) is 30.3 Å². The molecule has 3 heteroatoms. The van der Waals surface area contributed by atoms with Crippen molar-refractivity contribution in [3.05, 3.63) is 53.1 Å². The van der Waals surface area contributed by atoms with E-state index in [1.807, 2.05) is 37.3 Å². The molecule has 2 rings (SSSR count). The molecule has 0 aliphatic rings. The second kappa shape index (κ2) is 4.49. The number of hydrogen-bond acceptors (Lipinski definition) is 2. The van der Waals surface area contributed by atoms with E-state index in [-0.39, 0.29) is 6.04 Å². The molecule has 1 aromatic carbocycles. The van der Waals surface area contributed by atoms with E-state index >= 15 is 0 Å². The van der Waals surface area contributed by atoms with Crippen LogP contribution in [-0.2, 0) is 6.42 Å². The lowest BCUT2D eigenvalue weighted by Crippen LogP contribution is -2.13. The molecule has 0 unspecified atom stereocenters. The normalized spacial score (nSPS) is 12.7. The Balaban J connectivity index is 2.31. The number of imidazole rings is 1. The SMILES string of the molecule is CCc1nc([C@@H](N)c2ccccc2)[nH]c1C. The van der Waals surface area contributed by atoms with E-state index in [9.17, 15) is 0 Å². The zero-order valence-electron chi connectivity index (χ0n) is 9.70. The maximum atomic E-state index is 6.16. The van der Waals surface area contributed by atoms with Crippen LogP contribution in [0.1, 0.15) is 35.7 Å². The molecule has 3 N–H and O–H groups in total. The predicted molar refractivity (Wildman–Crippen MR) is 65.2 cm³/mol. The molecule has 1 atom stereocenters. The fourth-order valence-corrected chi connectivity index (χ4v) is 1.83. The molecule has 1 aromatic heterocycles. The van der Waals surface area contributed by atoms with E-state index < -0.39 is 0 Å². The Morgan fingerprint density at radius 1 is 1.31 bits per heavy atom. The fourth-order valence-electron chi connectivity index (χ4n) is 1.83. The summed E-state index contributed by atoms with van der Waals surface area (Å²) < 4.78 is 0. The summed E-state index contributed by atoms with van der Waals surface area (Å²) in [7, 11) is 0.